The highest BCUT2D eigenvalue weighted by Crippen LogP contribution is 2.32. The van der Waals surface area contributed by atoms with Gasteiger partial charge in [0.05, 0.1) is 42.5 Å². The molecule has 11 heteroatoms. The van der Waals surface area contributed by atoms with Gasteiger partial charge in [-0.25, -0.2) is 9.97 Å². The summed E-state index contributed by atoms with van der Waals surface area (Å²) in [6.45, 7) is 4.84. The highest BCUT2D eigenvalue weighted by Gasteiger charge is 2.11. The number of thiazole rings is 1. The lowest BCUT2D eigenvalue weighted by molar-refractivity contribution is -0.109. The molecule has 0 spiro atoms. The summed E-state index contributed by atoms with van der Waals surface area (Å²) in [5, 5.41) is 4.96. The number of carbonyl (C=O) groups excluding carboxylic acids is 1. The Hall–Kier alpha value is -4.84. The van der Waals surface area contributed by atoms with Gasteiger partial charge in [0.15, 0.2) is 0 Å². The molecule has 0 saturated heterocycles. The predicted octanol–water partition coefficient (Wildman–Crippen LogP) is 5.95. The average molecular weight is 624 g/mol. The number of amides is 1. The summed E-state index contributed by atoms with van der Waals surface area (Å²) in [5.41, 5.74) is 8.95. The van der Waals surface area contributed by atoms with Crippen LogP contribution in [0.4, 0.5) is 0 Å². The van der Waals surface area contributed by atoms with Crippen LogP contribution in [0.5, 0.6) is 11.6 Å². The van der Waals surface area contributed by atoms with Crippen molar-refractivity contribution in [3.05, 3.63) is 90.0 Å². The van der Waals surface area contributed by atoms with Gasteiger partial charge in [0.1, 0.15) is 19.0 Å². The quantitative estimate of drug-likeness (QED) is 0.100. The van der Waals surface area contributed by atoms with E-state index in [1.807, 2.05) is 61.2 Å². The maximum absolute atomic E-state index is 10.8. The van der Waals surface area contributed by atoms with E-state index in [1.165, 1.54) is 0 Å². The summed E-state index contributed by atoms with van der Waals surface area (Å²) in [4.78, 5) is 28.4. The van der Waals surface area contributed by atoms with E-state index in [0.29, 0.717) is 64.2 Å². The molecule has 0 aliphatic carbocycles. The Morgan fingerprint density at radius 1 is 0.800 bits per heavy atom. The normalized spacial score (nSPS) is 11.2. The van der Waals surface area contributed by atoms with E-state index < -0.39 is 0 Å². The standard InChI is InChI=1S/C34H33N5O5S/c1-23-34(45-22-38-23)25-2-3-27(18-36-21-40)32(17-25)43-14-12-41-10-11-42-13-15-44-33-7-5-26(19-37-33)24-4-6-28-29-20-35-9-8-30(29)39-31(28)16-24/h2-9,16-17,19-22,39H,10-15,18H2,1H3,(H,36,40). The Bertz CT molecular complexity index is 1870. The number of rotatable bonds is 16. The molecule has 1 amide bonds. The summed E-state index contributed by atoms with van der Waals surface area (Å²) >= 11 is 1.58. The number of nitrogens with one attached hydrogen (secondary N) is 2. The van der Waals surface area contributed by atoms with Crippen LogP contribution in [0.15, 0.2) is 78.7 Å². The first-order valence-corrected chi connectivity index (χ1v) is 15.5. The van der Waals surface area contributed by atoms with Crippen LogP contribution >= 0.6 is 11.3 Å². The minimum atomic E-state index is 0.372. The van der Waals surface area contributed by atoms with Crippen molar-refractivity contribution in [2.24, 2.45) is 0 Å². The first-order valence-electron chi connectivity index (χ1n) is 14.6. The number of aryl methyl sites for hydroxylation is 1. The highest BCUT2D eigenvalue weighted by molar-refractivity contribution is 7.13. The Morgan fingerprint density at radius 2 is 1.60 bits per heavy atom. The number of aromatic amines is 1. The van der Waals surface area contributed by atoms with Gasteiger partial charge in [-0.3, -0.25) is 9.78 Å². The maximum Gasteiger partial charge on any atom is 0.213 e. The number of fused-ring (bicyclic) bond motifs is 3. The smallest absolute Gasteiger partial charge is 0.213 e. The third-order valence-corrected chi connectivity index (χ3v) is 8.23. The summed E-state index contributed by atoms with van der Waals surface area (Å²) < 4.78 is 23.1. The summed E-state index contributed by atoms with van der Waals surface area (Å²) in [6.07, 6.45) is 6.17. The SMILES string of the molecule is Cc1ncsc1-c1ccc(CNC=O)c(OCCOCCOCCOc2ccc(-c3ccc4c(c3)[nH]c3ccncc34)cn2)c1. The van der Waals surface area contributed by atoms with Gasteiger partial charge in [-0.05, 0) is 42.3 Å². The van der Waals surface area contributed by atoms with Crippen molar-refractivity contribution in [2.45, 2.75) is 13.5 Å². The van der Waals surface area contributed by atoms with E-state index >= 15 is 0 Å². The Kier molecular flexibility index (Phi) is 9.90. The number of ether oxygens (including phenoxy) is 4. The van der Waals surface area contributed by atoms with Crippen LogP contribution in [0.2, 0.25) is 0 Å². The van der Waals surface area contributed by atoms with Crippen LogP contribution < -0.4 is 14.8 Å². The first kappa shape index (κ1) is 30.2. The van der Waals surface area contributed by atoms with Crippen molar-refractivity contribution in [3.8, 4) is 33.2 Å². The van der Waals surface area contributed by atoms with E-state index in [1.54, 1.807) is 17.5 Å². The molecule has 4 aromatic heterocycles. The predicted molar refractivity (Wildman–Crippen MR) is 175 cm³/mol. The minimum Gasteiger partial charge on any atom is -0.491 e. The molecule has 6 rings (SSSR count). The molecule has 0 saturated carbocycles. The lowest BCUT2D eigenvalue weighted by Crippen LogP contribution is -2.15. The topological polar surface area (TPSA) is 120 Å². The fraction of sp³-hybridized carbons (Fsp3) is 0.235. The Labute approximate surface area is 264 Å². The van der Waals surface area contributed by atoms with Crippen LogP contribution in [0.25, 0.3) is 43.4 Å². The summed E-state index contributed by atoms with van der Waals surface area (Å²) in [7, 11) is 0. The number of aromatic nitrogens is 4. The highest BCUT2D eigenvalue weighted by atomic mass is 32.1. The zero-order valence-electron chi connectivity index (χ0n) is 24.8. The second-order valence-electron chi connectivity index (χ2n) is 10.2. The molecular weight excluding hydrogens is 590 g/mol. The molecule has 0 fully saturated rings. The molecule has 230 valence electrons. The number of hydrogen-bond acceptors (Lipinski definition) is 9. The van der Waals surface area contributed by atoms with Gasteiger partial charge in [0, 0.05) is 64.1 Å². The average Bonchev–Trinajstić information content (AvgIpc) is 3.68. The van der Waals surface area contributed by atoms with E-state index in [0.717, 1.165) is 54.6 Å². The Morgan fingerprint density at radius 3 is 2.38 bits per heavy atom. The van der Waals surface area contributed by atoms with E-state index in [9.17, 15) is 4.79 Å². The molecule has 2 aromatic carbocycles. The molecule has 0 aliphatic heterocycles. The van der Waals surface area contributed by atoms with Crippen molar-refractivity contribution >= 4 is 39.6 Å². The van der Waals surface area contributed by atoms with Crippen LogP contribution in [0.3, 0.4) is 0 Å². The molecule has 10 nitrogen and oxygen atoms in total. The number of nitrogens with zero attached hydrogens (tertiary/aromatic N) is 3. The van der Waals surface area contributed by atoms with Gasteiger partial charge in [0.2, 0.25) is 12.3 Å². The molecule has 45 heavy (non-hydrogen) atoms. The molecule has 4 heterocycles. The van der Waals surface area contributed by atoms with E-state index in [4.69, 9.17) is 18.9 Å². The van der Waals surface area contributed by atoms with Gasteiger partial charge in [-0.15, -0.1) is 11.3 Å². The summed E-state index contributed by atoms with van der Waals surface area (Å²) in [5.74, 6) is 1.26. The number of H-pyrrole nitrogens is 1. The monoisotopic (exact) mass is 623 g/mol. The van der Waals surface area contributed by atoms with Crippen LogP contribution in [-0.4, -0.2) is 66.0 Å². The molecule has 0 atom stereocenters. The zero-order chi connectivity index (χ0) is 30.8. The van der Waals surface area contributed by atoms with Crippen molar-refractivity contribution in [3.63, 3.8) is 0 Å². The molecule has 6 aromatic rings. The number of carbonyl (C=O) groups is 1. The van der Waals surface area contributed by atoms with Gasteiger partial charge in [0.25, 0.3) is 0 Å². The van der Waals surface area contributed by atoms with Crippen molar-refractivity contribution in [2.75, 3.05) is 39.6 Å². The van der Waals surface area contributed by atoms with E-state index in [-0.39, 0.29) is 0 Å². The Balaban J connectivity index is 0.887. The number of hydrogen-bond donors (Lipinski definition) is 2. The fourth-order valence-electron chi connectivity index (χ4n) is 5.01. The third-order valence-electron chi connectivity index (χ3n) is 7.26. The van der Waals surface area contributed by atoms with Crippen LogP contribution in [0.1, 0.15) is 11.3 Å². The largest absolute Gasteiger partial charge is 0.491 e. The van der Waals surface area contributed by atoms with Crippen LogP contribution in [0, 0.1) is 6.92 Å². The van der Waals surface area contributed by atoms with Gasteiger partial charge >= 0.3 is 0 Å². The lowest BCUT2D eigenvalue weighted by Gasteiger charge is -2.13. The zero-order valence-corrected chi connectivity index (χ0v) is 25.6. The molecule has 2 N–H and O–H groups in total. The maximum atomic E-state index is 10.8. The van der Waals surface area contributed by atoms with Gasteiger partial charge in [-0.2, -0.15) is 0 Å². The number of benzene rings is 2. The van der Waals surface area contributed by atoms with Crippen LogP contribution in [-0.2, 0) is 20.8 Å². The molecule has 0 unspecified atom stereocenters. The fourth-order valence-corrected chi connectivity index (χ4v) is 5.81. The number of pyridine rings is 2. The molecular formula is C34H33N5O5S. The summed E-state index contributed by atoms with van der Waals surface area (Å²) in [6, 6.07) is 18.1. The molecule has 0 bridgehead atoms. The first-order chi connectivity index (χ1) is 22.2. The second-order valence-corrected chi connectivity index (χ2v) is 11.1. The van der Waals surface area contributed by atoms with Crippen molar-refractivity contribution in [1.82, 2.24) is 25.3 Å². The lowest BCUT2D eigenvalue weighted by atomic mass is 10.1. The van der Waals surface area contributed by atoms with E-state index in [2.05, 4.69) is 43.5 Å². The third kappa shape index (κ3) is 7.46. The van der Waals surface area contributed by atoms with Gasteiger partial charge in [-0.1, -0.05) is 24.3 Å². The van der Waals surface area contributed by atoms with Crippen molar-refractivity contribution in [1.29, 1.82) is 0 Å². The van der Waals surface area contributed by atoms with Crippen molar-refractivity contribution < 1.29 is 23.7 Å². The minimum absolute atomic E-state index is 0.372. The van der Waals surface area contributed by atoms with Gasteiger partial charge < -0.3 is 29.2 Å². The molecule has 0 radical (unpaired) electrons. The molecule has 0 aliphatic rings. The second kappa shape index (κ2) is 14.8.